The lowest BCUT2D eigenvalue weighted by atomic mass is 10.2. The van der Waals surface area contributed by atoms with Crippen molar-refractivity contribution < 1.29 is 14.6 Å². The molecule has 1 aliphatic rings. The van der Waals surface area contributed by atoms with Crippen LogP contribution in [0.2, 0.25) is 0 Å². The van der Waals surface area contributed by atoms with E-state index < -0.39 is 5.97 Å². The topological polar surface area (TPSA) is 76.4 Å². The number of esters is 1. The van der Waals surface area contributed by atoms with Crippen LogP contribution in [0.1, 0.15) is 21.7 Å². The van der Waals surface area contributed by atoms with Crippen LogP contribution in [-0.4, -0.2) is 34.6 Å². The fourth-order valence-corrected chi connectivity index (χ4v) is 1.76. The Kier molecular flexibility index (Phi) is 2.70. The maximum atomic E-state index is 11.4. The Bertz CT molecular complexity index is 386. The maximum Gasteiger partial charge on any atom is 0.358 e. The Morgan fingerprint density at radius 1 is 1.67 bits per heavy atom. The van der Waals surface area contributed by atoms with Gasteiger partial charge in [0.05, 0.1) is 26.0 Å². The number of nitrogens with zero attached hydrogens (tertiary/aromatic N) is 2. The molecule has 6 nitrogen and oxygen atoms in total. The molecule has 1 aromatic rings. The van der Waals surface area contributed by atoms with Gasteiger partial charge in [-0.1, -0.05) is 0 Å². The van der Waals surface area contributed by atoms with E-state index in [9.17, 15) is 4.79 Å². The molecular formula is C9H13N3O3. The van der Waals surface area contributed by atoms with E-state index in [-0.39, 0.29) is 6.61 Å². The predicted octanol–water partition coefficient (Wildman–Crippen LogP) is -0.735. The number of carbonyl (C=O) groups excluding carboxylic acids is 1. The minimum absolute atomic E-state index is 0.00866. The van der Waals surface area contributed by atoms with Crippen molar-refractivity contribution in [3.05, 3.63) is 17.0 Å². The predicted molar refractivity (Wildman–Crippen MR) is 51.2 cm³/mol. The molecule has 0 radical (unpaired) electrons. The molecular weight excluding hydrogens is 198 g/mol. The minimum atomic E-state index is -0.424. The quantitative estimate of drug-likeness (QED) is 0.644. The molecule has 0 bridgehead atoms. The molecule has 6 heteroatoms. The van der Waals surface area contributed by atoms with Crippen LogP contribution in [0, 0.1) is 0 Å². The number of ether oxygens (including phenoxy) is 1. The van der Waals surface area contributed by atoms with E-state index in [1.54, 1.807) is 4.68 Å². The van der Waals surface area contributed by atoms with Gasteiger partial charge in [0.25, 0.3) is 0 Å². The molecule has 0 atom stereocenters. The third-order valence-corrected chi connectivity index (χ3v) is 2.45. The van der Waals surface area contributed by atoms with Gasteiger partial charge >= 0.3 is 5.97 Å². The molecule has 0 saturated heterocycles. The summed E-state index contributed by atoms with van der Waals surface area (Å²) >= 11 is 0. The zero-order valence-corrected chi connectivity index (χ0v) is 8.49. The SMILES string of the molecule is COC(=O)c1nn(CCO)c2c1CNC2. The fourth-order valence-electron chi connectivity index (χ4n) is 1.76. The smallest absolute Gasteiger partial charge is 0.358 e. The molecule has 1 aromatic heterocycles. The first kappa shape index (κ1) is 10.1. The van der Waals surface area contributed by atoms with Gasteiger partial charge in [-0.2, -0.15) is 5.10 Å². The summed E-state index contributed by atoms with van der Waals surface area (Å²) in [6, 6.07) is 0. The monoisotopic (exact) mass is 211 g/mol. The third kappa shape index (κ3) is 1.62. The van der Waals surface area contributed by atoms with E-state index in [0.717, 1.165) is 11.3 Å². The van der Waals surface area contributed by atoms with Crippen molar-refractivity contribution in [3.63, 3.8) is 0 Å². The molecule has 2 N–H and O–H groups in total. The number of aliphatic hydroxyl groups excluding tert-OH is 1. The third-order valence-electron chi connectivity index (χ3n) is 2.45. The van der Waals surface area contributed by atoms with Crippen molar-refractivity contribution in [2.24, 2.45) is 0 Å². The van der Waals surface area contributed by atoms with Gasteiger partial charge in [0.15, 0.2) is 5.69 Å². The second-order valence-corrected chi connectivity index (χ2v) is 3.32. The normalized spacial score (nSPS) is 14.0. The lowest BCUT2D eigenvalue weighted by molar-refractivity contribution is 0.0591. The second-order valence-electron chi connectivity index (χ2n) is 3.32. The number of nitrogens with one attached hydrogen (secondary N) is 1. The summed E-state index contributed by atoms with van der Waals surface area (Å²) in [4.78, 5) is 11.4. The molecule has 0 spiro atoms. The number of aliphatic hydroxyl groups is 1. The molecule has 15 heavy (non-hydrogen) atoms. The fraction of sp³-hybridized carbons (Fsp3) is 0.556. The summed E-state index contributed by atoms with van der Waals surface area (Å²) in [7, 11) is 1.34. The van der Waals surface area contributed by atoms with Crippen molar-refractivity contribution in [1.29, 1.82) is 0 Å². The molecule has 0 unspecified atom stereocenters. The standard InChI is InChI=1S/C9H13N3O3/c1-15-9(14)8-6-4-10-5-7(6)12(11-8)2-3-13/h10,13H,2-5H2,1H3. The highest BCUT2D eigenvalue weighted by Gasteiger charge is 2.26. The Labute approximate surface area is 86.8 Å². The summed E-state index contributed by atoms with van der Waals surface area (Å²) in [5.41, 5.74) is 2.20. The van der Waals surface area contributed by atoms with Crippen molar-refractivity contribution in [3.8, 4) is 0 Å². The Morgan fingerprint density at radius 2 is 2.47 bits per heavy atom. The van der Waals surface area contributed by atoms with Crippen LogP contribution in [0.4, 0.5) is 0 Å². The minimum Gasteiger partial charge on any atom is -0.464 e. The van der Waals surface area contributed by atoms with Gasteiger partial charge in [-0.3, -0.25) is 4.68 Å². The van der Waals surface area contributed by atoms with Crippen LogP contribution >= 0.6 is 0 Å². The van der Waals surface area contributed by atoms with Crippen LogP contribution < -0.4 is 5.32 Å². The number of carbonyl (C=O) groups is 1. The Balaban J connectivity index is 2.39. The molecule has 0 aromatic carbocycles. The molecule has 0 aliphatic carbocycles. The van der Waals surface area contributed by atoms with Crippen LogP contribution in [0.5, 0.6) is 0 Å². The number of hydrogen-bond acceptors (Lipinski definition) is 5. The summed E-state index contributed by atoms with van der Waals surface area (Å²) in [6.45, 7) is 1.72. The highest BCUT2D eigenvalue weighted by atomic mass is 16.5. The average molecular weight is 211 g/mol. The highest BCUT2D eigenvalue weighted by molar-refractivity contribution is 5.89. The molecule has 0 saturated carbocycles. The summed E-state index contributed by atoms with van der Waals surface area (Å²) < 4.78 is 6.30. The molecule has 1 aliphatic heterocycles. The molecule has 2 heterocycles. The van der Waals surface area contributed by atoms with Gasteiger partial charge < -0.3 is 15.2 Å². The molecule has 82 valence electrons. The molecule has 0 fully saturated rings. The number of aromatic nitrogens is 2. The van der Waals surface area contributed by atoms with Crippen LogP contribution in [0.15, 0.2) is 0 Å². The zero-order valence-electron chi connectivity index (χ0n) is 8.49. The van der Waals surface area contributed by atoms with E-state index in [4.69, 9.17) is 5.11 Å². The lowest BCUT2D eigenvalue weighted by Crippen LogP contribution is -2.13. The van der Waals surface area contributed by atoms with Gasteiger partial charge in [-0.15, -0.1) is 0 Å². The largest absolute Gasteiger partial charge is 0.464 e. The van der Waals surface area contributed by atoms with E-state index >= 15 is 0 Å². The Morgan fingerprint density at radius 3 is 3.13 bits per heavy atom. The van der Waals surface area contributed by atoms with Crippen molar-refractivity contribution in [2.75, 3.05) is 13.7 Å². The number of rotatable bonds is 3. The number of fused-ring (bicyclic) bond motifs is 1. The number of methoxy groups -OCH3 is 1. The van der Waals surface area contributed by atoms with Gasteiger partial charge in [0.2, 0.25) is 0 Å². The number of hydrogen-bond donors (Lipinski definition) is 2. The van der Waals surface area contributed by atoms with Crippen molar-refractivity contribution in [2.45, 2.75) is 19.6 Å². The molecule has 0 amide bonds. The average Bonchev–Trinajstić information content (AvgIpc) is 2.81. The highest BCUT2D eigenvalue weighted by Crippen LogP contribution is 2.20. The zero-order chi connectivity index (χ0) is 10.8. The molecule has 2 rings (SSSR count). The summed E-state index contributed by atoms with van der Waals surface area (Å²) in [5.74, 6) is -0.424. The van der Waals surface area contributed by atoms with E-state index in [2.05, 4.69) is 15.2 Å². The van der Waals surface area contributed by atoms with E-state index in [1.165, 1.54) is 7.11 Å². The first-order valence-corrected chi connectivity index (χ1v) is 4.76. The summed E-state index contributed by atoms with van der Waals surface area (Å²) in [5, 5.41) is 16.1. The van der Waals surface area contributed by atoms with Crippen LogP contribution in [0.3, 0.4) is 0 Å². The van der Waals surface area contributed by atoms with Gasteiger partial charge in [0.1, 0.15) is 0 Å². The maximum absolute atomic E-state index is 11.4. The first-order chi connectivity index (χ1) is 7.27. The van der Waals surface area contributed by atoms with Gasteiger partial charge in [-0.25, -0.2) is 4.79 Å². The summed E-state index contributed by atoms with van der Waals surface area (Å²) in [6.07, 6.45) is 0. The first-order valence-electron chi connectivity index (χ1n) is 4.76. The van der Waals surface area contributed by atoms with Crippen LogP contribution in [-0.2, 0) is 24.4 Å². The Hall–Kier alpha value is -1.40. The van der Waals surface area contributed by atoms with Crippen molar-refractivity contribution in [1.82, 2.24) is 15.1 Å². The lowest BCUT2D eigenvalue weighted by Gasteiger charge is -2.01. The van der Waals surface area contributed by atoms with E-state index in [1.807, 2.05) is 0 Å². The van der Waals surface area contributed by atoms with E-state index in [0.29, 0.717) is 25.3 Å². The van der Waals surface area contributed by atoms with Gasteiger partial charge in [0, 0.05) is 18.7 Å². The van der Waals surface area contributed by atoms with Crippen LogP contribution in [0.25, 0.3) is 0 Å². The second kappa shape index (κ2) is 4.00. The van der Waals surface area contributed by atoms with Crippen molar-refractivity contribution >= 4 is 5.97 Å². The van der Waals surface area contributed by atoms with Gasteiger partial charge in [-0.05, 0) is 0 Å².